The number of aromatic nitrogens is 2. The van der Waals surface area contributed by atoms with Crippen LogP contribution < -0.4 is 4.72 Å². The van der Waals surface area contributed by atoms with E-state index in [1.165, 1.54) is 6.07 Å². The number of sulfonamides is 1. The number of para-hydroxylation sites is 2. The van der Waals surface area contributed by atoms with Crippen molar-refractivity contribution < 1.29 is 26.7 Å². The first-order valence-corrected chi connectivity index (χ1v) is 11.3. The lowest BCUT2D eigenvalue weighted by atomic mass is 10.2. The molecule has 0 amide bonds. The molecule has 3 aromatic rings. The van der Waals surface area contributed by atoms with Gasteiger partial charge in [-0.25, -0.2) is 22.9 Å². The quantitative estimate of drug-likeness (QED) is 0.492. The molecular formula is C19H15Cl2F2N3O4S. The largest absolute Gasteiger partial charge is 0.454 e. The van der Waals surface area contributed by atoms with Gasteiger partial charge < -0.3 is 4.74 Å². The number of nitrogens with zero attached hydrogens (tertiary/aromatic N) is 2. The second-order valence-electron chi connectivity index (χ2n) is 6.90. The van der Waals surface area contributed by atoms with Crippen LogP contribution in [-0.2, 0) is 21.4 Å². The van der Waals surface area contributed by atoms with E-state index >= 15 is 0 Å². The zero-order valence-electron chi connectivity index (χ0n) is 15.7. The van der Waals surface area contributed by atoms with Gasteiger partial charge in [-0.15, -0.1) is 0 Å². The third-order valence-corrected chi connectivity index (χ3v) is 6.92. The Morgan fingerprint density at radius 1 is 1.23 bits per heavy atom. The standard InChI is InChI=1S/C19H15Cl2F2N3O4S/c20-12-8-13(21)16(31(28,29)25-10-5-6-10)7-11(12)18(27)30-9-17-24-14-3-1-2-4-15(14)26(17)19(22)23/h1-4,7-8,10,19,25H,5-6,9H2. The summed E-state index contributed by atoms with van der Waals surface area (Å²) in [5.74, 6) is -1.17. The van der Waals surface area contributed by atoms with Crippen molar-refractivity contribution in [2.75, 3.05) is 0 Å². The smallest absolute Gasteiger partial charge is 0.340 e. The SMILES string of the molecule is O=C(OCc1nc2ccccc2n1C(F)F)c1cc(S(=O)(=O)NC2CC2)c(Cl)cc1Cl. The van der Waals surface area contributed by atoms with Crippen LogP contribution in [0.3, 0.4) is 0 Å². The van der Waals surface area contributed by atoms with Crippen molar-refractivity contribution >= 4 is 50.2 Å². The lowest BCUT2D eigenvalue weighted by molar-refractivity contribution is 0.0387. The molecule has 1 saturated carbocycles. The van der Waals surface area contributed by atoms with Crippen LogP contribution >= 0.6 is 23.2 Å². The molecule has 0 unspecified atom stereocenters. The Labute approximate surface area is 186 Å². The molecule has 12 heteroatoms. The van der Waals surface area contributed by atoms with Crippen molar-refractivity contribution in [2.45, 2.75) is 36.9 Å². The van der Waals surface area contributed by atoms with Crippen LogP contribution in [0.25, 0.3) is 11.0 Å². The average molecular weight is 490 g/mol. The van der Waals surface area contributed by atoms with E-state index in [9.17, 15) is 22.0 Å². The highest BCUT2D eigenvalue weighted by Crippen LogP contribution is 2.31. The molecule has 0 saturated heterocycles. The molecule has 1 N–H and O–H groups in total. The summed E-state index contributed by atoms with van der Waals surface area (Å²) in [6.07, 6.45) is 1.43. The van der Waals surface area contributed by atoms with Crippen molar-refractivity contribution in [3.8, 4) is 0 Å². The highest BCUT2D eigenvalue weighted by atomic mass is 35.5. The summed E-state index contributed by atoms with van der Waals surface area (Å²) < 4.78 is 60.3. The van der Waals surface area contributed by atoms with Gasteiger partial charge in [-0.3, -0.25) is 4.57 Å². The number of esters is 1. The minimum atomic E-state index is -3.97. The number of ether oxygens (including phenoxy) is 1. The fourth-order valence-electron chi connectivity index (χ4n) is 3.00. The van der Waals surface area contributed by atoms with Crippen LogP contribution in [0.2, 0.25) is 10.0 Å². The minimum Gasteiger partial charge on any atom is -0.454 e. The molecule has 0 aliphatic heterocycles. The average Bonchev–Trinajstić information content (AvgIpc) is 3.41. The molecule has 4 rings (SSSR count). The number of carbonyl (C=O) groups excluding carboxylic acids is 1. The number of carbonyl (C=O) groups is 1. The van der Waals surface area contributed by atoms with Crippen molar-refractivity contribution in [3.63, 3.8) is 0 Å². The summed E-state index contributed by atoms with van der Waals surface area (Å²) in [4.78, 5) is 16.3. The topological polar surface area (TPSA) is 90.3 Å². The Kier molecular flexibility index (Phi) is 5.91. The second-order valence-corrected chi connectivity index (χ2v) is 9.40. The maximum Gasteiger partial charge on any atom is 0.340 e. The van der Waals surface area contributed by atoms with Gasteiger partial charge in [0.1, 0.15) is 11.5 Å². The van der Waals surface area contributed by atoms with E-state index in [0.717, 1.165) is 12.1 Å². The van der Waals surface area contributed by atoms with Gasteiger partial charge >= 0.3 is 12.5 Å². The van der Waals surface area contributed by atoms with Crippen LogP contribution in [0.1, 0.15) is 35.6 Å². The molecule has 0 radical (unpaired) electrons. The van der Waals surface area contributed by atoms with Gasteiger partial charge in [0.05, 0.1) is 26.6 Å². The Morgan fingerprint density at radius 2 is 1.94 bits per heavy atom. The molecule has 0 atom stereocenters. The predicted octanol–water partition coefficient (Wildman–Crippen LogP) is 4.54. The number of rotatable bonds is 7. The monoisotopic (exact) mass is 489 g/mol. The van der Waals surface area contributed by atoms with Crippen molar-refractivity contribution in [3.05, 3.63) is 57.8 Å². The summed E-state index contributed by atoms with van der Waals surface area (Å²) in [6, 6.07) is 8.22. The van der Waals surface area contributed by atoms with Crippen LogP contribution in [-0.4, -0.2) is 30.0 Å². The molecule has 0 spiro atoms. The molecule has 31 heavy (non-hydrogen) atoms. The summed E-state index contributed by atoms with van der Waals surface area (Å²) in [7, 11) is -3.97. The van der Waals surface area contributed by atoms with Gasteiger partial charge in [0.15, 0.2) is 5.82 Å². The Balaban J connectivity index is 1.60. The first-order valence-electron chi connectivity index (χ1n) is 9.10. The Morgan fingerprint density at radius 3 is 2.61 bits per heavy atom. The zero-order chi connectivity index (χ0) is 22.3. The molecule has 1 aliphatic carbocycles. The van der Waals surface area contributed by atoms with Gasteiger partial charge in [-0.05, 0) is 37.1 Å². The van der Waals surface area contributed by atoms with Crippen molar-refractivity contribution in [1.29, 1.82) is 0 Å². The van der Waals surface area contributed by atoms with E-state index in [0.29, 0.717) is 22.9 Å². The van der Waals surface area contributed by atoms with E-state index in [-0.39, 0.29) is 37.9 Å². The maximum absolute atomic E-state index is 13.5. The summed E-state index contributed by atoms with van der Waals surface area (Å²) >= 11 is 12.1. The van der Waals surface area contributed by atoms with E-state index in [1.807, 2.05) is 0 Å². The van der Waals surface area contributed by atoms with E-state index < -0.39 is 29.1 Å². The first-order chi connectivity index (χ1) is 14.7. The van der Waals surface area contributed by atoms with E-state index in [1.54, 1.807) is 18.2 Å². The van der Waals surface area contributed by atoms with Gasteiger partial charge in [-0.2, -0.15) is 8.78 Å². The minimum absolute atomic E-state index is 0.136. The molecule has 164 valence electrons. The normalized spacial score (nSPS) is 14.4. The van der Waals surface area contributed by atoms with Crippen LogP contribution in [0.5, 0.6) is 0 Å². The highest BCUT2D eigenvalue weighted by molar-refractivity contribution is 7.89. The number of imidazole rings is 1. The predicted molar refractivity (Wildman–Crippen MR) is 110 cm³/mol. The molecular weight excluding hydrogens is 475 g/mol. The number of alkyl halides is 2. The number of halogens is 4. The van der Waals surface area contributed by atoms with Gasteiger partial charge in [-0.1, -0.05) is 35.3 Å². The summed E-state index contributed by atoms with van der Waals surface area (Å²) in [6.45, 7) is -3.47. The van der Waals surface area contributed by atoms with Gasteiger partial charge in [0.2, 0.25) is 10.0 Å². The third-order valence-electron chi connectivity index (χ3n) is 4.63. The molecule has 1 heterocycles. The first kappa shape index (κ1) is 21.9. The van der Waals surface area contributed by atoms with Gasteiger partial charge in [0.25, 0.3) is 0 Å². The van der Waals surface area contributed by atoms with E-state index in [2.05, 4.69) is 9.71 Å². The van der Waals surface area contributed by atoms with Crippen LogP contribution in [0.15, 0.2) is 41.3 Å². The Bertz CT molecular complexity index is 1280. The van der Waals surface area contributed by atoms with Crippen molar-refractivity contribution in [1.82, 2.24) is 14.3 Å². The second kappa shape index (κ2) is 8.34. The lowest BCUT2D eigenvalue weighted by Gasteiger charge is -2.12. The number of hydrogen-bond donors (Lipinski definition) is 1. The highest BCUT2D eigenvalue weighted by Gasteiger charge is 2.30. The molecule has 2 aromatic carbocycles. The lowest BCUT2D eigenvalue weighted by Crippen LogP contribution is -2.26. The number of fused-ring (bicyclic) bond motifs is 1. The van der Waals surface area contributed by atoms with Crippen LogP contribution in [0.4, 0.5) is 8.78 Å². The summed E-state index contributed by atoms with van der Waals surface area (Å²) in [5.41, 5.74) is 0.243. The fourth-order valence-corrected chi connectivity index (χ4v) is 5.15. The molecule has 7 nitrogen and oxygen atoms in total. The van der Waals surface area contributed by atoms with Crippen LogP contribution in [0, 0.1) is 0 Å². The van der Waals surface area contributed by atoms with Gasteiger partial charge in [0, 0.05) is 6.04 Å². The molecule has 0 bridgehead atoms. The Hall–Kier alpha value is -2.27. The molecule has 1 fully saturated rings. The van der Waals surface area contributed by atoms with E-state index in [4.69, 9.17) is 27.9 Å². The van der Waals surface area contributed by atoms with Crippen molar-refractivity contribution in [2.24, 2.45) is 0 Å². The molecule has 1 aliphatic rings. The fraction of sp³-hybridized carbons (Fsp3) is 0.263. The number of hydrogen-bond acceptors (Lipinski definition) is 5. The number of benzene rings is 2. The maximum atomic E-state index is 13.5. The zero-order valence-corrected chi connectivity index (χ0v) is 18.0. The summed E-state index contributed by atoms with van der Waals surface area (Å²) in [5, 5.41) is -0.295. The number of nitrogens with one attached hydrogen (secondary N) is 1. The third kappa shape index (κ3) is 4.52. The molecule has 1 aromatic heterocycles.